The first kappa shape index (κ1) is 27.8. The van der Waals surface area contributed by atoms with E-state index in [1.807, 2.05) is 0 Å². The van der Waals surface area contributed by atoms with Gasteiger partial charge in [0, 0.05) is 34.8 Å². The number of hydrogen-bond donors (Lipinski definition) is 1. The molecule has 6 nitrogen and oxygen atoms in total. The lowest BCUT2D eigenvalue weighted by Crippen LogP contribution is -2.15. The fourth-order valence-electron chi connectivity index (χ4n) is 3.85. The zero-order chi connectivity index (χ0) is 28.2. The zero-order valence-electron chi connectivity index (χ0n) is 20.5. The minimum atomic E-state index is -4.63. The molecule has 2 heterocycles. The van der Waals surface area contributed by atoms with E-state index in [9.17, 15) is 31.1 Å². The van der Waals surface area contributed by atoms with Crippen molar-refractivity contribution in [1.29, 1.82) is 0 Å². The Morgan fingerprint density at radius 3 is 2.41 bits per heavy atom. The number of rotatable bonds is 9. The Bertz CT molecular complexity index is 1480. The molecule has 0 unspecified atom stereocenters. The molecule has 0 aliphatic rings. The molecule has 0 aliphatic carbocycles. The molecule has 1 N–H and O–H groups in total. The normalized spacial score (nSPS) is 12.0. The number of nitrogens with one attached hydrogen (secondary N) is 1. The van der Waals surface area contributed by atoms with E-state index in [0.29, 0.717) is 11.1 Å². The van der Waals surface area contributed by atoms with Crippen molar-refractivity contribution in [2.75, 3.05) is 18.6 Å². The fourth-order valence-corrected chi connectivity index (χ4v) is 3.85. The van der Waals surface area contributed by atoms with E-state index in [-0.39, 0.29) is 47.9 Å². The third-order valence-electron chi connectivity index (χ3n) is 5.73. The Balaban J connectivity index is 1.76. The minimum Gasteiger partial charge on any atom is -0.466 e. The predicted octanol–water partition coefficient (Wildman–Crippen LogP) is 7.01. The van der Waals surface area contributed by atoms with Gasteiger partial charge in [-0.2, -0.15) is 22.0 Å². The first-order chi connectivity index (χ1) is 18.5. The summed E-state index contributed by atoms with van der Waals surface area (Å²) in [6.45, 7) is 0.0149. The van der Waals surface area contributed by atoms with Crippen molar-refractivity contribution in [3.05, 3.63) is 77.7 Å². The van der Waals surface area contributed by atoms with E-state index in [4.69, 9.17) is 4.74 Å². The summed E-state index contributed by atoms with van der Waals surface area (Å²) < 4.78 is 85.7. The van der Waals surface area contributed by atoms with E-state index in [1.54, 1.807) is 6.92 Å². The Kier molecular flexibility index (Phi) is 8.03. The number of halogens is 6. The van der Waals surface area contributed by atoms with Crippen LogP contribution < -0.4 is 5.32 Å². The summed E-state index contributed by atoms with van der Waals surface area (Å²) in [4.78, 5) is 24.7. The Morgan fingerprint density at radius 2 is 1.74 bits per heavy atom. The van der Waals surface area contributed by atoms with E-state index >= 15 is 0 Å². The number of alkyl halides is 6. The molecule has 12 heteroatoms. The molecule has 0 radical (unpaired) electrons. The van der Waals surface area contributed by atoms with Crippen molar-refractivity contribution in [1.82, 2.24) is 15.0 Å². The second-order valence-electron chi connectivity index (χ2n) is 8.46. The molecular weight excluding hydrogens is 526 g/mol. The van der Waals surface area contributed by atoms with Crippen LogP contribution in [0, 0.1) is 0 Å². The van der Waals surface area contributed by atoms with Crippen LogP contribution in [0.1, 0.15) is 30.3 Å². The van der Waals surface area contributed by atoms with Gasteiger partial charge in [0.05, 0.1) is 29.8 Å². The molecule has 0 spiro atoms. The highest BCUT2D eigenvalue weighted by atomic mass is 19.4. The molecule has 0 saturated carbocycles. The van der Waals surface area contributed by atoms with Crippen LogP contribution in [0.2, 0.25) is 0 Å². The maximum Gasteiger partial charge on any atom is 0.418 e. The lowest BCUT2D eigenvalue weighted by atomic mass is 10.0. The fraction of sp³-hybridized carbons (Fsp3) is 0.259. The van der Waals surface area contributed by atoms with Crippen LogP contribution >= 0.6 is 0 Å². The van der Waals surface area contributed by atoms with Crippen molar-refractivity contribution in [3.8, 4) is 11.3 Å². The van der Waals surface area contributed by atoms with Gasteiger partial charge in [0.15, 0.2) is 6.67 Å². The Hall–Kier alpha value is -4.22. The van der Waals surface area contributed by atoms with Gasteiger partial charge in [0.25, 0.3) is 0 Å². The molecule has 0 atom stereocenters. The molecule has 4 rings (SSSR count). The van der Waals surface area contributed by atoms with E-state index in [0.717, 1.165) is 18.2 Å². The second kappa shape index (κ2) is 11.3. The number of carbonyl (C=O) groups excluding carboxylic acids is 1. The number of anilines is 2. The highest BCUT2D eigenvalue weighted by molar-refractivity contribution is 5.93. The highest BCUT2D eigenvalue weighted by Crippen LogP contribution is 2.37. The van der Waals surface area contributed by atoms with Gasteiger partial charge in [0.2, 0.25) is 0 Å². The quantitative estimate of drug-likeness (QED) is 0.179. The first-order valence-electron chi connectivity index (χ1n) is 11.8. The zero-order valence-corrected chi connectivity index (χ0v) is 20.5. The molecule has 4 aromatic rings. The summed E-state index contributed by atoms with van der Waals surface area (Å²) in [5.74, 6) is -3.67. The van der Waals surface area contributed by atoms with Crippen molar-refractivity contribution in [2.45, 2.75) is 31.9 Å². The number of pyridine rings is 1. The number of aryl methyl sites for hydroxylation is 1. The number of aromatic nitrogens is 3. The number of hydrogen-bond acceptors (Lipinski definition) is 6. The summed E-state index contributed by atoms with van der Waals surface area (Å²) in [5.41, 5.74) is -0.920. The van der Waals surface area contributed by atoms with Crippen molar-refractivity contribution >= 4 is 28.4 Å². The third-order valence-corrected chi connectivity index (χ3v) is 5.73. The van der Waals surface area contributed by atoms with Crippen LogP contribution in [0.15, 0.2) is 60.8 Å². The summed E-state index contributed by atoms with van der Waals surface area (Å²) in [7, 11) is 0. The predicted molar refractivity (Wildman–Crippen MR) is 132 cm³/mol. The molecule has 0 amide bonds. The van der Waals surface area contributed by atoms with Crippen LogP contribution in [0.25, 0.3) is 22.2 Å². The maximum atomic E-state index is 13.7. The van der Waals surface area contributed by atoms with Gasteiger partial charge in [-0.3, -0.25) is 9.78 Å². The van der Waals surface area contributed by atoms with Gasteiger partial charge in [-0.1, -0.05) is 18.2 Å². The third kappa shape index (κ3) is 6.44. The standard InChI is InChI=1S/C27H22F6N4O2/c1-2-39-23(38)12-11-22-36-21-14-16(24-20(27(31,32)33)4-3-13-34-24)5-10-19(21)25(37-22)35-18-8-6-17(7-9-18)26(29,30)15-28/h3-10,13-14H,2,11-12,15H2,1H3,(H,35,36,37). The molecule has 0 bridgehead atoms. The number of fused-ring (bicyclic) bond motifs is 1. The molecule has 0 fully saturated rings. The van der Waals surface area contributed by atoms with Crippen LogP contribution in [0.3, 0.4) is 0 Å². The topological polar surface area (TPSA) is 77.0 Å². The molecule has 39 heavy (non-hydrogen) atoms. The maximum absolute atomic E-state index is 13.7. The van der Waals surface area contributed by atoms with E-state index in [1.165, 1.54) is 42.6 Å². The van der Waals surface area contributed by atoms with Crippen molar-refractivity contribution in [2.24, 2.45) is 0 Å². The van der Waals surface area contributed by atoms with Crippen LogP contribution in [0.5, 0.6) is 0 Å². The summed E-state index contributed by atoms with van der Waals surface area (Å²) in [6.07, 6.45) is -3.34. The average Bonchev–Trinajstić information content (AvgIpc) is 2.91. The lowest BCUT2D eigenvalue weighted by molar-refractivity contribution is -0.143. The number of esters is 1. The van der Waals surface area contributed by atoms with Gasteiger partial charge in [-0.25, -0.2) is 14.4 Å². The molecular formula is C27H22F6N4O2. The molecule has 204 valence electrons. The average molecular weight is 548 g/mol. The summed E-state index contributed by atoms with van der Waals surface area (Å²) in [6, 6.07) is 11.3. The van der Waals surface area contributed by atoms with Crippen molar-refractivity contribution in [3.63, 3.8) is 0 Å². The first-order valence-corrected chi connectivity index (χ1v) is 11.8. The highest BCUT2D eigenvalue weighted by Gasteiger charge is 2.34. The largest absolute Gasteiger partial charge is 0.466 e. The van der Waals surface area contributed by atoms with Crippen LogP contribution in [-0.4, -0.2) is 34.2 Å². The van der Waals surface area contributed by atoms with Gasteiger partial charge in [0.1, 0.15) is 11.6 Å². The molecule has 2 aromatic heterocycles. The Labute approximate surface area is 219 Å². The molecule has 0 aliphatic heterocycles. The van der Waals surface area contributed by atoms with E-state index < -0.39 is 35.9 Å². The number of ether oxygens (including phenoxy) is 1. The second-order valence-corrected chi connectivity index (χ2v) is 8.46. The summed E-state index contributed by atoms with van der Waals surface area (Å²) in [5, 5.41) is 3.41. The smallest absolute Gasteiger partial charge is 0.418 e. The monoisotopic (exact) mass is 548 g/mol. The van der Waals surface area contributed by atoms with Crippen molar-refractivity contribution < 1.29 is 35.9 Å². The number of carbonyl (C=O) groups is 1. The van der Waals surface area contributed by atoms with Gasteiger partial charge < -0.3 is 10.1 Å². The lowest BCUT2D eigenvalue weighted by Gasteiger charge is -2.15. The minimum absolute atomic E-state index is 0.0377. The summed E-state index contributed by atoms with van der Waals surface area (Å²) >= 11 is 0. The van der Waals surface area contributed by atoms with E-state index in [2.05, 4.69) is 20.3 Å². The SMILES string of the molecule is CCOC(=O)CCc1nc(Nc2ccc(C(F)(F)CF)cc2)c2ccc(-c3ncccc3C(F)(F)F)cc2n1. The molecule has 0 saturated heterocycles. The van der Waals surface area contributed by atoms with Crippen LogP contribution in [0.4, 0.5) is 37.8 Å². The number of nitrogens with zero attached hydrogens (tertiary/aromatic N) is 3. The molecule has 2 aromatic carbocycles. The van der Waals surface area contributed by atoms with Gasteiger partial charge in [-0.05, 0) is 43.3 Å². The van der Waals surface area contributed by atoms with Gasteiger partial charge in [-0.15, -0.1) is 0 Å². The van der Waals surface area contributed by atoms with Gasteiger partial charge >= 0.3 is 18.1 Å². The van der Waals surface area contributed by atoms with Crippen LogP contribution in [-0.2, 0) is 28.1 Å². The number of benzene rings is 2. The Morgan fingerprint density at radius 1 is 1.00 bits per heavy atom.